The first-order valence-electron chi connectivity index (χ1n) is 6.94. The van der Waals surface area contributed by atoms with Crippen molar-refractivity contribution in [3.8, 4) is 0 Å². The van der Waals surface area contributed by atoms with Crippen molar-refractivity contribution in [3.05, 3.63) is 12.2 Å². The van der Waals surface area contributed by atoms with E-state index in [9.17, 15) is 4.79 Å². The maximum atomic E-state index is 9.72. The topological polar surface area (TPSA) is 29.4 Å². The summed E-state index contributed by atoms with van der Waals surface area (Å²) >= 11 is 0. The van der Waals surface area contributed by atoms with Crippen molar-refractivity contribution < 1.29 is 4.79 Å². The summed E-state index contributed by atoms with van der Waals surface area (Å²) in [5.74, 6) is 0. The summed E-state index contributed by atoms with van der Waals surface area (Å²) in [6, 6.07) is 0. The van der Waals surface area contributed by atoms with Crippen LogP contribution in [0, 0.1) is 0 Å². The molecule has 0 saturated heterocycles. The van der Waals surface area contributed by atoms with Gasteiger partial charge in [0.2, 0.25) is 6.08 Å². The number of unbranched alkanes of at least 4 members (excludes halogenated alkanes) is 7. The van der Waals surface area contributed by atoms with E-state index >= 15 is 0 Å². The Morgan fingerprint density at radius 1 is 0.882 bits per heavy atom. The Labute approximate surface area is 107 Å². The van der Waals surface area contributed by atoms with Gasteiger partial charge in [0.15, 0.2) is 0 Å². The fraction of sp³-hybridized carbons (Fsp3) is 0.800. The van der Waals surface area contributed by atoms with Gasteiger partial charge in [0.1, 0.15) is 0 Å². The first kappa shape index (κ1) is 18.5. The van der Waals surface area contributed by atoms with E-state index in [-0.39, 0.29) is 0 Å². The van der Waals surface area contributed by atoms with Crippen molar-refractivity contribution in [1.29, 1.82) is 0 Å². The number of carbonyl (C=O) groups excluding carboxylic acids is 1. The van der Waals surface area contributed by atoms with Crippen LogP contribution in [0.5, 0.6) is 0 Å². The predicted molar refractivity (Wildman–Crippen MR) is 76.1 cm³/mol. The fourth-order valence-corrected chi connectivity index (χ4v) is 1.37. The van der Waals surface area contributed by atoms with Gasteiger partial charge < -0.3 is 0 Å². The Bertz CT molecular complexity index is 189. The smallest absolute Gasteiger partial charge is 0.211 e. The Morgan fingerprint density at radius 3 is 1.76 bits per heavy atom. The van der Waals surface area contributed by atoms with Gasteiger partial charge in [-0.15, -0.1) is 0 Å². The van der Waals surface area contributed by atoms with Crippen molar-refractivity contribution in [3.63, 3.8) is 0 Å². The molecule has 0 atom stereocenters. The minimum atomic E-state index is 0.665. The molecule has 0 rings (SSSR count). The van der Waals surface area contributed by atoms with Crippen molar-refractivity contribution in [2.24, 2.45) is 4.99 Å². The highest BCUT2D eigenvalue weighted by Crippen LogP contribution is 2.07. The third-order valence-electron chi connectivity index (χ3n) is 2.52. The molecular formula is C15H29NO. The van der Waals surface area contributed by atoms with Gasteiger partial charge in [0, 0.05) is 0 Å². The van der Waals surface area contributed by atoms with Crippen LogP contribution in [0.2, 0.25) is 0 Å². The third-order valence-corrected chi connectivity index (χ3v) is 2.52. The average molecular weight is 239 g/mol. The molecule has 0 aromatic carbocycles. The van der Waals surface area contributed by atoms with Crippen LogP contribution in [0.15, 0.2) is 17.1 Å². The molecule has 0 fully saturated rings. The summed E-state index contributed by atoms with van der Waals surface area (Å²) in [6.45, 7) is 6.90. The van der Waals surface area contributed by atoms with Gasteiger partial charge in [-0.1, -0.05) is 64.0 Å². The minimum absolute atomic E-state index is 0.665. The molecular weight excluding hydrogens is 210 g/mol. The minimum Gasteiger partial charge on any atom is -0.211 e. The molecule has 0 aromatic heterocycles. The number of allylic oxidation sites excluding steroid dienone is 2. The fourth-order valence-electron chi connectivity index (χ4n) is 1.37. The normalized spacial score (nSPS) is 9.59. The van der Waals surface area contributed by atoms with Crippen LogP contribution >= 0.6 is 0 Å². The van der Waals surface area contributed by atoms with Crippen LogP contribution in [0.3, 0.4) is 0 Å². The van der Waals surface area contributed by atoms with Gasteiger partial charge in [0.05, 0.1) is 6.54 Å². The number of aliphatic imine (C=N–C) groups is 1. The molecule has 17 heavy (non-hydrogen) atoms. The van der Waals surface area contributed by atoms with Gasteiger partial charge in [0.25, 0.3) is 0 Å². The summed E-state index contributed by atoms with van der Waals surface area (Å²) in [4.78, 5) is 13.2. The van der Waals surface area contributed by atoms with Crippen molar-refractivity contribution in [2.45, 2.75) is 72.1 Å². The van der Waals surface area contributed by atoms with Gasteiger partial charge in [-0.05, 0) is 20.3 Å². The summed E-state index contributed by atoms with van der Waals surface area (Å²) in [6.07, 6.45) is 15.9. The van der Waals surface area contributed by atoms with Crippen LogP contribution in [0.4, 0.5) is 0 Å². The molecule has 0 saturated carbocycles. The van der Waals surface area contributed by atoms with Crippen molar-refractivity contribution in [2.75, 3.05) is 6.54 Å². The van der Waals surface area contributed by atoms with E-state index in [1.54, 1.807) is 6.08 Å². The second-order valence-corrected chi connectivity index (χ2v) is 4.11. The second-order valence-electron chi connectivity index (χ2n) is 4.11. The molecule has 2 heteroatoms. The van der Waals surface area contributed by atoms with Gasteiger partial charge in [-0.2, -0.15) is 0 Å². The van der Waals surface area contributed by atoms with Crippen LogP contribution in [0.1, 0.15) is 72.1 Å². The molecule has 0 spiro atoms. The summed E-state index contributed by atoms with van der Waals surface area (Å²) in [7, 11) is 0. The van der Waals surface area contributed by atoms with E-state index in [0.717, 1.165) is 6.42 Å². The van der Waals surface area contributed by atoms with Crippen molar-refractivity contribution >= 4 is 6.08 Å². The van der Waals surface area contributed by atoms with E-state index in [1.807, 2.05) is 26.0 Å². The highest BCUT2D eigenvalue weighted by atomic mass is 16.1. The Hall–Kier alpha value is -0.880. The van der Waals surface area contributed by atoms with E-state index in [0.29, 0.717) is 6.54 Å². The van der Waals surface area contributed by atoms with Crippen LogP contribution in [0.25, 0.3) is 0 Å². The first-order chi connectivity index (χ1) is 8.33. The molecule has 0 aromatic rings. The largest absolute Gasteiger partial charge is 0.234 e. The van der Waals surface area contributed by atoms with Crippen molar-refractivity contribution in [1.82, 2.24) is 0 Å². The quantitative estimate of drug-likeness (QED) is 0.240. The highest BCUT2D eigenvalue weighted by Gasteiger charge is 1.90. The third kappa shape index (κ3) is 25.4. The zero-order valence-corrected chi connectivity index (χ0v) is 11.9. The Kier molecular flexibility index (Phi) is 22.3. The van der Waals surface area contributed by atoms with Crippen LogP contribution < -0.4 is 0 Å². The molecule has 0 unspecified atom stereocenters. The monoisotopic (exact) mass is 239 g/mol. The lowest BCUT2D eigenvalue weighted by Gasteiger charge is -1.98. The van der Waals surface area contributed by atoms with E-state index in [1.165, 1.54) is 44.9 Å². The average Bonchev–Trinajstić information content (AvgIpc) is 2.37. The molecule has 0 heterocycles. The molecule has 0 N–H and O–H groups in total. The van der Waals surface area contributed by atoms with Crippen LogP contribution in [-0.2, 0) is 4.79 Å². The molecule has 0 aliphatic rings. The summed E-state index contributed by atoms with van der Waals surface area (Å²) in [5.41, 5.74) is 0. The zero-order valence-electron chi connectivity index (χ0n) is 11.9. The lowest BCUT2D eigenvalue weighted by Crippen LogP contribution is -1.83. The molecule has 100 valence electrons. The van der Waals surface area contributed by atoms with Gasteiger partial charge in [-0.25, -0.2) is 9.79 Å². The standard InChI is InChI=1S/C11H21NO.C4H8/c1-2-3-4-5-6-7-8-9-10-12-11-13;1-3-4-2/h2-10H2,1H3;3-4H,1-2H3. The van der Waals surface area contributed by atoms with Crippen LogP contribution in [-0.4, -0.2) is 12.6 Å². The molecule has 0 amide bonds. The van der Waals surface area contributed by atoms with E-state index < -0.39 is 0 Å². The van der Waals surface area contributed by atoms with E-state index in [2.05, 4.69) is 11.9 Å². The highest BCUT2D eigenvalue weighted by molar-refractivity contribution is 5.32. The Morgan fingerprint density at radius 2 is 1.35 bits per heavy atom. The molecule has 2 nitrogen and oxygen atoms in total. The number of rotatable bonds is 9. The number of nitrogens with zero attached hydrogens (tertiary/aromatic N) is 1. The molecule has 0 aliphatic heterocycles. The summed E-state index contributed by atoms with van der Waals surface area (Å²) < 4.78 is 0. The lowest BCUT2D eigenvalue weighted by atomic mass is 10.1. The second kappa shape index (κ2) is 20.5. The first-order valence-corrected chi connectivity index (χ1v) is 6.94. The maximum absolute atomic E-state index is 9.72. The van der Waals surface area contributed by atoms with Gasteiger partial charge in [-0.3, -0.25) is 0 Å². The molecule has 0 bridgehead atoms. The SMILES string of the molecule is CC=CC.CCCCCCCCCCN=C=O. The van der Waals surface area contributed by atoms with E-state index in [4.69, 9.17) is 0 Å². The number of isocyanates is 1. The lowest BCUT2D eigenvalue weighted by molar-refractivity contribution is 0.558. The number of hydrogen-bond donors (Lipinski definition) is 0. The summed E-state index contributed by atoms with van der Waals surface area (Å²) in [5, 5.41) is 0. The zero-order chi connectivity index (χ0) is 13.2. The Balaban J connectivity index is 0. The van der Waals surface area contributed by atoms with Gasteiger partial charge >= 0.3 is 0 Å². The number of hydrogen-bond acceptors (Lipinski definition) is 2. The molecule has 0 radical (unpaired) electrons. The predicted octanol–water partition coefficient (Wildman–Crippen LogP) is 5.05. The molecule has 0 aliphatic carbocycles. The maximum Gasteiger partial charge on any atom is 0.234 e.